The summed E-state index contributed by atoms with van der Waals surface area (Å²) >= 11 is 0. The number of hydrogen-bond donors (Lipinski definition) is 1. The second-order valence-electron chi connectivity index (χ2n) is 6.05. The van der Waals surface area contributed by atoms with Crippen molar-refractivity contribution in [2.24, 2.45) is 0 Å². The molecule has 1 aliphatic carbocycles. The van der Waals surface area contributed by atoms with Gasteiger partial charge in [-0.3, -0.25) is 4.79 Å². The van der Waals surface area contributed by atoms with Crippen molar-refractivity contribution in [2.75, 3.05) is 13.7 Å². The molecule has 1 aromatic heterocycles. The minimum Gasteiger partial charge on any atom is -0.461 e. The zero-order valence-corrected chi connectivity index (χ0v) is 14.0. The Kier molecular flexibility index (Phi) is 5.27. The molecular weight excluding hydrogens is 280 g/mol. The van der Waals surface area contributed by atoms with E-state index in [1.165, 1.54) is 19.3 Å². The summed E-state index contributed by atoms with van der Waals surface area (Å²) in [7, 11) is 1.87. The van der Waals surface area contributed by atoms with E-state index in [-0.39, 0.29) is 5.91 Å². The Morgan fingerprint density at radius 2 is 1.86 bits per heavy atom. The number of carbonyl (C=O) groups excluding carboxylic acids is 2. The van der Waals surface area contributed by atoms with Gasteiger partial charge in [0.05, 0.1) is 12.2 Å². The van der Waals surface area contributed by atoms with Crippen LogP contribution in [-0.2, 0) is 4.74 Å². The summed E-state index contributed by atoms with van der Waals surface area (Å²) in [5, 5.41) is 0. The maximum Gasteiger partial charge on any atom is 0.355 e. The summed E-state index contributed by atoms with van der Waals surface area (Å²) in [6.07, 6.45) is 5.75. The highest BCUT2D eigenvalue weighted by Crippen LogP contribution is 2.26. The van der Waals surface area contributed by atoms with Gasteiger partial charge >= 0.3 is 5.97 Å². The van der Waals surface area contributed by atoms with Crippen LogP contribution in [0.3, 0.4) is 0 Å². The van der Waals surface area contributed by atoms with Gasteiger partial charge in [0, 0.05) is 18.8 Å². The molecule has 0 spiro atoms. The maximum absolute atomic E-state index is 12.8. The smallest absolute Gasteiger partial charge is 0.355 e. The number of amides is 1. The van der Waals surface area contributed by atoms with E-state index >= 15 is 0 Å². The van der Waals surface area contributed by atoms with E-state index in [9.17, 15) is 9.59 Å². The summed E-state index contributed by atoms with van der Waals surface area (Å²) in [6.45, 7) is 5.73. The number of aryl methyl sites for hydroxylation is 1. The Morgan fingerprint density at radius 3 is 2.45 bits per heavy atom. The summed E-state index contributed by atoms with van der Waals surface area (Å²) < 4.78 is 5.04. The van der Waals surface area contributed by atoms with E-state index in [2.05, 4.69) is 4.98 Å². The molecule has 1 saturated carbocycles. The highest BCUT2D eigenvalue weighted by atomic mass is 16.5. The molecular formula is C17H26N2O3. The summed E-state index contributed by atoms with van der Waals surface area (Å²) in [5.74, 6) is -0.406. The Morgan fingerprint density at radius 1 is 1.23 bits per heavy atom. The molecule has 5 nitrogen and oxygen atoms in total. The summed E-state index contributed by atoms with van der Waals surface area (Å²) in [4.78, 5) is 29.6. The lowest BCUT2D eigenvalue weighted by Gasteiger charge is -2.31. The molecule has 0 saturated heterocycles. The fraction of sp³-hybridized carbons (Fsp3) is 0.647. The number of nitrogens with zero attached hydrogens (tertiary/aromatic N) is 1. The molecule has 122 valence electrons. The molecule has 1 N–H and O–H groups in total. The van der Waals surface area contributed by atoms with Gasteiger partial charge in [-0.1, -0.05) is 19.3 Å². The van der Waals surface area contributed by atoms with E-state index in [4.69, 9.17) is 4.74 Å². The van der Waals surface area contributed by atoms with Gasteiger partial charge in [0.15, 0.2) is 0 Å². The van der Waals surface area contributed by atoms with Crippen molar-refractivity contribution in [1.82, 2.24) is 9.88 Å². The Balaban J connectivity index is 2.24. The van der Waals surface area contributed by atoms with Crippen molar-refractivity contribution >= 4 is 11.9 Å². The van der Waals surface area contributed by atoms with Gasteiger partial charge in [-0.15, -0.1) is 0 Å². The van der Waals surface area contributed by atoms with Crippen LogP contribution >= 0.6 is 0 Å². The molecule has 0 unspecified atom stereocenters. The SMILES string of the molecule is CCOC(=O)c1[nH]c(C)c(C(=O)N(C)C2CCCCC2)c1C. The molecule has 2 rings (SSSR count). The van der Waals surface area contributed by atoms with Crippen molar-refractivity contribution in [3.8, 4) is 0 Å². The number of aromatic amines is 1. The molecule has 1 aliphatic rings. The molecule has 1 aromatic rings. The zero-order chi connectivity index (χ0) is 16.3. The molecule has 0 atom stereocenters. The number of rotatable bonds is 4. The van der Waals surface area contributed by atoms with E-state index in [0.29, 0.717) is 29.5 Å². The van der Waals surface area contributed by atoms with Crippen LogP contribution in [0.25, 0.3) is 0 Å². The van der Waals surface area contributed by atoms with Crippen LogP contribution in [0, 0.1) is 13.8 Å². The van der Waals surface area contributed by atoms with Gasteiger partial charge in [-0.2, -0.15) is 0 Å². The van der Waals surface area contributed by atoms with Crippen molar-refractivity contribution in [1.29, 1.82) is 0 Å². The van der Waals surface area contributed by atoms with Crippen LogP contribution in [-0.4, -0.2) is 41.5 Å². The first kappa shape index (κ1) is 16.6. The van der Waals surface area contributed by atoms with Crippen molar-refractivity contribution in [3.05, 3.63) is 22.5 Å². The first-order valence-electron chi connectivity index (χ1n) is 8.10. The molecule has 1 heterocycles. The van der Waals surface area contributed by atoms with Crippen LogP contribution in [0.1, 0.15) is 71.1 Å². The number of ether oxygens (including phenoxy) is 1. The molecule has 22 heavy (non-hydrogen) atoms. The first-order chi connectivity index (χ1) is 10.5. The number of carbonyl (C=O) groups is 2. The standard InChI is InChI=1S/C17H26N2O3/c1-5-22-17(21)15-11(2)14(12(3)18-15)16(20)19(4)13-9-7-6-8-10-13/h13,18H,5-10H2,1-4H3. The largest absolute Gasteiger partial charge is 0.461 e. The predicted octanol–water partition coefficient (Wildman–Crippen LogP) is 3.21. The van der Waals surface area contributed by atoms with Gasteiger partial charge in [0.25, 0.3) is 5.91 Å². The quantitative estimate of drug-likeness (QED) is 0.869. The second-order valence-corrected chi connectivity index (χ2v) is 6.05. The molecule has 1 fully saturated rings. The van der Waals surface area contributed by atoms with Gasteiger partial charge < -0.3 is 14.6 Å². The van der Waals surface area contributed by atoms with Gasteiger partial charge in [-0.25, -0.2) is 4.79 Å². The molecule has 0 aliphatic heterocycles. The maximum atomic E-state index is 12.8. The zero-order valence-electron chi connectivity index (χ0n) is 14.0. The minimum absolute atomic E-state index is 0.00583. The predicted molar refractivity (Wildman–Crippen MR) is 85.2 cm³/mol. The fourth-order valence-corrected chi connectivity index (χ4v) is 3.29. The third kappa shape index (κ3) is 3.18. The molecule has 0 aromatic carbocycles. The second kappa shape index (κ2) is 6.99. The first-order valence-corrected chi connectivity index (χ1v) is 8.10. The lowest BCUT2D eigenvalue weighted by Crippen LogP contribution is -2.38. The van der Waals surface area contributed by atoms with Crippen LogP contribution in [0.15, 0.2) is 0 Å². The van der Waals surface area contributed by atoms with Crippen LogP contribution < -0.4 is 0 Å². The Labute approximate surface area is 132 Å². The van der Waals surface area contributed by atoms with Crippen molar-refractivity contribution in [2.45, 2.75) is 58.9 Å². The van der Waals surface area contributed by atoms with Crippen LogP contribution in [0.4, 0.5) is 0 Å². The van der Waals surface area contributed by atoms with Crippen LogP contribution in [0.2, 0.25) is 0 Å². The van der Waals surface area contributed by atoms with Crippen LogP contribution in [0.5, 0.6) is 0 Å². The molecule has 1 amide bonds. The highest BCUT2D eigenvalue weighted by molar-refractivity contribution is 6.01. The van der Waals surface area contributed by atoms with Crippen molar-refractivity contribution in [3.63, 3.8) is 0 Å². The molecule has 5 heteroatoms. The highest BCUT2D eigenvalue weighted by Gasteiger charge is 2.28. The van der Waals surface area contributed by atoms with E-state index in [1.807, 2.05) is 18.9 Å². The average molecular weight is 306 g/mol. The summed E-state index contributed by atoms with van der Waals surface area (Å²) in [6, 6.07) is 0.306. The third-order valence-corrected chi connectivity index (χ3v) is 4.57. The topological polar surface area (TPSA) is 62.4 Å². The summed E-state index contributed by atoms with van der Waals surface area (Å²) in [5.41, 5.74) is 2.41. The number of hydrogen-bond acceptors (Lipinski definition) is 3. The van der Waals surface area contributed by atoms with E-state index < -0.39 is 5.97 Å². The van der Waals surface area contributed by atoms with Gasteiger partial charge in [0.2, 0.25) is 0 Å². The normalized spacial score (nSPS) is 15.6. The number of nitrogens with one attached hydrogen (secondary N) is 1. The average Bonchev–Trinajstić information content (AvgIpc) is 2.82. The third-order valence-electron chi connectivity index (χ3n) is 4.57. The lowest BCUT2D eigenvalue weighted by molar-refractivity contribution is 0.0519. The Hall–Kier alpha value is -1.78. The minimum atomic E-state index is -0.400. The van der Waals surface area contributed by atoms with E-state index in [1.54, 1.807) is 13.8 Å². The monoisotopic (exact) mass is 306 g/mol. The lowest BCUT2D eigenvalue weighted by atomic mass is 9.94. The van der Waals surface area contributed by atoms with Gasteiger partial charge in [0.1, 0.15) is 5.69 Å². The number of H-pyrrole nitrogens is 1. The van der Waals surface area contributed by atoms with E-state index in [0.717, 1.165) is 18.5 Å². The number of esters is 1. The fourth-order valence-electron chi connectivity index (χ4n) is 3.29. The Bertz CT molecular complexity index is 556. The van der Waals surface area contributed by atoms with Crippen molar-refractivity contribution < 1.29 is 14.3 Å². The van der Waals surface area contributed by atoms with Gasteiger partial charge in [-0.05, 0) is 39.2 Å². The molecule has 0 bridgehead atoms. The molecule has 0 radical (unpaired) electrons. The number of aromatic nitrogens is 1.